The maximum Gasteiger partial charge on any atom is 0.301 e. The fraction of sp³-hybridized carbons (Fsp3) is 0.179. The Bertz CT molecular complexity index is 1580. The lowest BCUT2D eigenvalue weighted by atomic mass is 9.94. The SMILES string of the molecule is CCOc1ccc2nc(N3C(=O)C(=O)C(=C(O)c4ccc(F)cc4)[C@H]3c3cc(OC)ccc3OC)sc2c1. The van der Waals surface area contributed by atoms with Gasteiger partial charge in [0.25, 0.3) is 5.78 Å². The van der Waals surface area contributed by atoms with Crippen LogP contribution in [-0.2, 0) is 9.59 Å². The highest BCUT2D eigenvalue weighted by atomic mass is 32.1. The molecule has 1 aromatic heterocycles. The number of ketones is 1. The Balaban J connectivity index is 1.75. The number of aromatic nitrogens is 1. The van der Waals surface area contributed by atoms with Crippen LogP contribution in [0.1, 0.15) is 24.1 Å². The van der Waals surface area contributed by atoms with Crippen LogP contribution in [0.5, 0.6) is 17.2 Å². The Morgan fingerprint density at radius 2 is 1.76 bits per heavy atom. The van der Waals surface area contributed by atoms with E-state index in [0.29, 0.717) is 34.9 Å². The third kappa shape index (κ3) is 4.32. The van der Waals surface area contributed by atoms with E-state index in [-0.39, 0.29) is 16.3 Å². The molecule has 1 amide bonds. The van der Waals surface area contributed by atoms with Crippen molar-refractivity contribution >= 4 is 44.1 Å². The number of aliphatic hydroxyl groups excluding tert-OH is 1. The largest absolute Gasteiger partial charge is 0.507 e. The number of halogens is 1. The molecule has 4 aromatic rings. The third-order valence-corrected chi connectivity index (χ3v) is 7.18. The highest BCUT2D eigenvalue weighted by Crippen LogP contribution is 2.47. The van der Waals surface area contributed by atoms with E-state index >= 15 is 0 Å². The van der Waals surface area contributed by atoms with Gasteiger partial charge in [0.15, 0.2) is 5.13 Å². The van der Waals surface area contributed by atoms with Crippen LogP contribution < -0.4 is 19.1 Å². The third-order valence-electron chi connectivity index (χ3n) is 6.16. The van der Waals surface area contributed by atoms with Gasteiger partial charge in [0.2, 0.25) is 0 Å². The van der Waals surface area contributed by atoms with Crippen LogP contribution in [0.4, 0.5) is 9.52 Å². The summed E-state index contributed by atoms with van der Waals surface area (Å²) in [6, 6.07) is 14.2. The van der Waals surface area contributed by atoms with E-state index in [1.54, 1.807) is 30.3 Å². The Hall–Kier alpha value is -4.44. The van der Waals surface area contributed by atoms with Crippen LogP contribution in [0.2, 0.25) is 0 Å². The molecule has 3 aromatic carbocycles. The lowest BCUT2D eigenvalue weighted by Gasteiger charge is -2.25. The number of fused-ring (bicyclic) bond motifs is 1. The lowest BCUT2D eigenvalue weighted by molar-refractivity contribution is -0.132. The molecular weight excluding hydrogens is 511 g/mol. The quantitative estimate of drug-likeness (QED) is 0.191. The summed E-state index contributed by atoms with van der Waals surface area (Å²) in [6.07, 6.45) is 0. The van der Waals surface area contributed by atoms with Gasteiger partial charge in [0.05, 0.1) is 36.6 Å². The molecule has 0 radical (unpaired) electrons. The first-order valence-corrected chi connectivity index (χ1v) is 12.5. The molecule has 0 saturated carbocycles. The van der Waals surface area contributed by atoms with Crippen LogP contribution in [-0.4, -0.2) is 42.6 Å². The van der Waals surface area contributed by atoms with Crippen molar-refractivity contribution in [1.82, 2.24) is 4.98 Å². The van der Waals surface area contributed by atoms with E-state index in [1.807, 2.05) is 13.0 Å². The molecule has 5 rings (SSSR count). The van der Waals surface area contributed by atoms with Crippen LogP contribution in [0, 0.1) is 5.82 Å². The molecule has 0 unspecified atom stereocenters. The molecule has 1 atom stereocenters. The maximum absolute atomic E-state index is 13.6. The van der Waals surface area contributed by atoms with Gasteiger partial charge in [-0.2, -0.15) is 0 Å². The molecular formula is C28H23FN2O6S. The normalized spacial score (nSPS) is 16.7. The zero-order chi connectivity index (χ0) is 27.0. The van der Waals surface area contributed by atoms with E-state index < -0.39 is 29.3 Å². The number of nitrogens with zero attached hydrogens (tertiary/aromatic N) is 2. The number of benzene rings is 3. The topological polar surface area (TPSA) is 98.2 Å². The highest BCUT2D eigenvalue weighted by molar-refractivity contribution is 7.22. The van der Waals surface area contributed by atoms with Crippen molar-refractivity contribution in [2.24, 2.45) is 0 Å². The van der Waals surface area contributed by atoms with E-state index in [4.69, 9.17) is 14.2 Å². The molecule has 2 heterocycles. The monoisotopic (exact) mass is 534 g/mol. The number of methoxy groups -OCH3 is 2. The van der Waals surface area contributed by atoms with Crippen molar-refractivity contribution < 1.29 is 33.3 Å². The molecule has 1 saturated heterocycles. The summed E-state index contributed by atoms with van der Waals surface area (Å²) in [5.41, 5.74) is 1.03. The van der Waals surface area contributed by atoms with E-state index in [0.717, 1.165) is 16.8 Å². The van der Waals surface area contributed by atoms with Crippen LogP contribution >= 0.6 is 11.3 Å². The predicted octanol–water partition coefficient (Wildman–Crippen LogP) is 5.48. The number of Topliss-reactive ketones (excluding diaryl/α,β-unsaturated/α-hetero) is 1. The second kappa shape index (κ2) is 10.1. The van der Waals surface area contributed by atoms with Gasteiger partial charge in [-0.25, -0.2) is 9.37 Å². The van der Waals surface area contributed by atoms with Crippen LogP contribution in [0.15, 0.2) is 66.2 Å². The lowest BCUT2D eigenvalue weighted by Crippen LogP contribution is -2.29. The van der Waals surface area contributed by atoms with Crippen molar-refractivity contribution in [2.75, 3.05) is 25.7 Å². The zero-order valence-electron chi connectivity index (χ0n) is 20.7. The Labute approximate surface area is 221 Å². The molecule has 1 N–H and O–H groups in total. The number of carbonyl (C=O) groups is 2. The van der Waals surface area contributed by atoms with Gasteiger partial charge in [-0.3, -0.25) is 14.5 Å². The van der Waals surface area contributed by atoms with Crippen LogP contribution in [0.25, 0.3) is 16.0 Å². The minimum atomic E-state index is -1.10. The van der Waals surface area contributed by atoms with Crippen LogP contribution in [0.3, 0.4) is 0 Å². The van der Waals surface area contributed by atoms with E-state index in [2.05, 4.69) is 4.98 Å². The molecule has 0 bridgehead atoms. The molecule has 8 nitrogen and oxygen atoms in total. The van der Waals surface area contributed by atoms with Crippen molar-refractivity contribution in [3.05, 3.63) is 83.2 Å². The highest BCUT2D eigenvalue weighted by Gasteiger charge is 2.49. The van der Waals surface area contributed by atoms with Crippen molar-refractivity contribution in [1.29, 1.82) is 0 Å². The minimum absolute atomic E-state index is 0.178. The average Bonchev–Trinajstić information content (AvgIpc) is 3.46. The summed E-state index contributed by atoms with van der Waals surface area (Å²) in [4.78, 5) is 32.9. The minimum Gasteiger partial charge on any atom is -0.507 e. The van der Waals surface area contributed by atoms with Crippen molar-refractivity contribution in [3.8, 4) is 17.2 Å². The molecule has 0 aliphatic carbocycles. The number of amides is 1. The molecule has 38 heavy (non-hydrogen) atoms. The summed E-state index contributed by atoms with van der Waals surface area (Å²) in [5, 5.41) is 11.5. The predicted molar refractivity (Wildman–Crippen MR) is 142 cm³/mol. The van der Waals surface area contributed by atoms with Crippen molar-refractivity contribution in [3.63, 3.8) is 0 Å². The van der Waals surface area contributed by atoms with Gasteiger partial charge >= 0.3 is 5.91 Å². The summed E-state index contributed by atoms with van der Waals surface area (Å²) >= 11 is 1.21. The fourth-order valence-electron chi connectivity index (χ4n) is 4.39. The first kappa shape index (κ1) is 25.2. The number of hydrogen-bond donors (Lipinski definition) is 1. The maximum atomic E-state index is 13.6. The number of carbonyl (C=O) groups excluding carboxylic acids is 2. The standard InChI is InChI=1S/C28H23FN2O6S/c1-4-37-18-9-11-20-22(14-18)38-28(30-20)31-24(19-13-17(35-2)10-12-21(19)36-3)23(26(33)27(31)34)25(32)15-5-7-16(29)8-6-15/h5-14,24,32H,4H2,1-3H3/t24-/m1/s1. The molecule has 0 spiro atoms. The Morgan fingerprint density at radius 3 is 2.45 bits per heavy atom. The summed E-state index contributed by atoms with van der Waals surface area (Å²) in [6.45, 7) is 2.37. The molecule has 194 valence electrons. The number of anilines is 1. The smallest absolute Gasteiger partial charge is 0.301 e. The first-order chi connectivity index (χ1) is 18.4. The molecule has 1 fully saturated rings. The van der Waals surface area contributed by atoms with Gasteiger partial charge in [0.1, 0.15) is 34.9 Å². The first-order valence-electron chi connectivity index (χ1n) is 11.7. The average molecular weight is 535 g/mol. The summed E-state index contributed by atoms with van der Waals surface area (Å²) in [5.74, 6) is -1.25. The number of hydrogen-bond acceptors (Lipinski definition) is 8. The summed E-state index contributed by atoms with van der Waals surface area (Å²) < 4.78 is 30.9. The molecule has 10 heteroatoms. The Morgan fingerprint density at radius 1 is 1.03 bits per heavy atom. The fourth-order valence-corrected chi connectivity index (χ4v) is 5.41. The van der Waals surface area contributed by atoms with Gasteiger partial charge < -0.3 is 19.3 Å². The zero-order valence-corrected chi connectivity index (χ0v) is 21.5. The van der Waals surface area contributed by atoms with E-state index in [9.17, 15) is 19.1 Å². The Kier molecular flexibility index (Phi) is 6.73. The van der Waals surface area contributed by atoms with Gasteiger partial charge in [-0.1, -0.05) is 11.3 Å². The number of aliphatic hydroxyl groups is 1. The molecule has 1 aliphatic rings. The van der Waals surface area contributed by atoms with Gasteiger partial charge in [-0.15, -0.1) is 0 Å². The second-order valence-corrected chi connectivity index (χ2v) is 9.35. The van der Waals surface area contributed by atoms with Crippen molar-refractivity contribution in [2.45, 2.75) is 13.0 Å². The second-order valence-electron chi connectivity index (χ2n) is 8.34. The number of rotatable bonds is 7. The number of thiazole rings is 1. The number of ether oxygens (including phenoxy) is 3. The molecule has 1 aliphatic heterocycles. The summed E-state index contributed by atoms with van der Waals surface area (Å²) in [7, 11) is 2.95. The van der Waals surface area contributed by atoms with Gasteiger partial charge in [-0.05, 0) is 67.6 Å². The van der Waals surface area contributed by atoms with Gasteiger partial charge in [0, 0.05) is 11.1 Å². The van der Waals surface area contributed by atoms with E-state index in [1.165, 1.54) is 42.6 Å².